The van der Waals surface area contributed by atoms with Crippen LogP contribution in [0, 0.1) is 0 Å². The molecule has 0 spiro atoms. The van der Waals surface area contributed by atoms with Crippen molar-refractivity contribution in [2.75, 3.05) is 26.2 Å². The molecule has 1 saturated heterocycles. The first-order chi connectivity index (χ1) is 10.7. The highest BCUT2D eigenvalue weighted by Gasteiger charge is 2.28. The van der Waals surface area contributed by atoms with Gasteiger partial charge in [0, 0.05) is 37.6 Å². The molecule has 0 unspecified atom stereocenters. The second-order valence-corrected chi connectivity index (χ2v) is 6.64. The van der Waals surface area contributed by atoms with E-state index in [0.29, 0.717) is 0 Å². The number of carbonyl (C=O) groups is 1. The quantitative estimate of drug-likeness (QED) is 0.919. The Morgan fingerprint density at radius 3 is 2.41 bits per heavy atom. The molecular formula is C17H21N3OS. The van der Waals surface area contributed by atoms with Crippen molar-refractivity contribution in [2.45, 2.75) is 12.6 Å². The minimum Gasteiger partial charge on any atom is -0.368 e. The predicted molar refractivity (Wildman–Crippen MR) is 89.5 cm³/mol. The lowest BCUT2D eigenvalue weighted by molar-refractivity contribution is -0.124. The van der Waals surface area contributed by atoms with Crippen molar-refractivity contribution in [1.29, 1.82) is 0 Å². The van der Waals surface area contributed by atoms with E-state index in [1.54, 1.807) is 11.3 Å². The van der Waals surface area contributed by atoms with Crippen LogP contribution in [-0.4, -0.2) is 41.9 Å². The van der Waals surface area contributed by atoms with E-state index in [0.717, 1.165) is 38.3 Å². The Labute approximate surface area is 135 Å². The Kier molecular flexibility index (Phi) is 4.87. The molecule has 2 aromatic rings. The lowest BCUT2D eigenvalue weighted by atomic mass is 10.0. The van der Waals surface area contributed by atoms with Crippen LogP contribution >= 0.6 is 11.3 Å². The Morgan fingerprint density at radius 1 is 1.09 bits per heavy atom. The second kappa shape index (κ2) is 7.05. The maximum atomic E-state index is 11.9. The molecule has 0 saturated carbocycles. The number of benzene rings is 1. The van der Waals surface area contributed by atoms with Gasteiger partial charge in [0.25, 0.3) is 0 Å². The van der Waals surface area contributed by atoms with Crippen LogP contribution in [-0.2, 0) is 11.3 Å². The van der Waals surface area contributed by atoms with Gasteiger partial charge >= 0.3 is 0 Å². The first kappa shape index (κ1) is 15.2. The molecule has 22 heavy (non-hydrogen) atoms. The van der Waals surface area contributed by atoms with Gasteiger partial charge in [-0.3, -0.25) is 14.6 Å². The topological polar surface area (TPSA) is 49.6 Å². The number of rotatable bonds is 5. The number of nitrogens with two attached hydrogens (primary N) is 1. The van der Waals surface area contributed by atoms with E-state index in [-0.39, 0.29) is 11.9 Å². The molecule has 1 aromatic heterocycles. The number of carbonyl (C=O) groups excluding carboxylic acids is 1. The third-order valence-corrected chi connectivity index (χ3v) is 4.98. The first-order valence-electron chi connectivity index (χ1n) is 7.57. The summed E-state index contributed by atoms with van der Waals surface area (Å²) >= 11 is 1.80. The summed E-state index contributed by atoms with van der Waals surface area (Å²) in [6, 6.07) is 13.8. The summed E-state index contributed by atoms with van der Waals surface area (Å²) in [6.07, 6.45) is 0. The van der Waals surface area contributed by atoms with Crippen LogP contribution in [0.5, 0.6) is 0 Å². The van der Waals surface area contributed by atoms with Gasteiger partial charge in [-0.1, -0.05) is 36.4 Å². The first-order valence-corrected chi connectivity index (χ1v) is 8.45. The molecule has 1 atom stereocenters. The van der Waals surface area contributed by atoms with E-state index in [4.69, 9.17) is 5.73 Å². The van der Waals surface area contributed by atoms with Gasteiger partial charge in [-0.05, 0) is 17.0 Å². The van der Waals surface area contributed by atoms with Gasteiger partial charge in [0.05, 0.1) is 0 Å². The molecule has 2 N–H and O–H groups in total. The number of hydrogen-bond acceptors (Lipinski definition) is 4. The van der Waals surface area contributed by atoms with Crippen molar-refractivity contribution >= 4 is 17.2 Å². The normalized spacial score (nSPS) is 18.2. The Hall–Kier alpha value is -1.69. The molecule has 3 rings (SSSR count). The third-order valence-electron chi connectivity index (χ3n) is 4.12. The van der Waals surface area contributed by atoms with Crippen molar-refractivity contribution in [1.82, 2.24) is 9.80 Å². The molecule has 1 amide bonds. The minimum absolute atomic E-state index is 0.266. The lowest BCUT2D eigenvalue weighted by Gasteiger charge is -2.38. The molecule has 1 aliphatic rings. The number of thiophene rings is 1. The van der Waals surface area contributed by atoms with Crippen LogP contribution in [0.4, 0.5) is 0 Å². The number of hydrogen-bond donors (Lipinski definition) is 1. The number of primary amides is 1. The van der Waals surface area contributed by atoms with Gasteiger partial charge in [0.2, 0.25) is 5.91 Å². The largest absolute Gasteiger partial charge is 0.368 e. The van der Waals surface area contributed by atoms with Gasteiger partial charge in [0.1, 0.15) is 6.04 Å². The number of piperazine rings is 1. The van der Waals surface area contributed by atoms with Crippen molar-refractivity contribution < 1.29 is 4.79 Å². The monoisotopic (exact) mass is 315 g/mol. The molecule has 1 fully saturated rings. The van der Waals surface area contributed by atoms with Crippen molar-refractivity contribution in [3.8, 4) is 0 Å². The highest BCUT2D eigenvalue weighted by atomic mass is 32.1. The average molecular weight is 315 g/mol. The zero-order valence-corrected chi connectivity index (χ0v) is 13.3. The van der Waals surface area contributed by atoms with Crippen LogP contribution < -0.4 is 5.73 Å². The fourth-order valence-corrected chi connectivity index (χ4v) is 3.74. The fourth-order valence-electron chi connectivity index (χ4n) is 2.99. The highest BCUT2D eigenvalue weighted by molar-refractivity contribution is 7.09. The van der Waals surface area contributed by atoms with E-state index in [2.05, 4.69) is 27.3 Å². The van der Waals surface area contributed by atoms with E-state index >= 15 is 0 Å². The average Bonchev–Trinajstić information content (AvgIpc) is 3.03. The SMILES string of the molecule is NC(=O)[C@@H](c1ccccc1)N1CCN(Cc2cccs2)CC1. The van der Waals surface area contributed by atoms with Crippen molar-refractivity contribution in [3.63, 3.8) is 0 Å². The molecule has 2 heterocycles. The van der Waals surface area contributed by atoms with Crippen LogP contribution in [0.3, 0.4) is 0 Å². The summed E-state index contributed by atoms with van der Waals surface area (Å²) in [5, 5.41) is 2.12. The second-order valence-electron chi connectivity index (χ2n) is 5.61. The van der Waals surface area contributed by atoms with Gasteiger partial charge in [-0.2, -0.15) is 0 Å². The summed E-state index contributed by atoms with van der Waals surface area (Å²) < 4.78 is 0. The molecule has 0 aliphatic carbocycles. The van der Waals surface area contributed by atoms with Gasteiger partial charge < -0.3 is 5.73 Å². The highest BCUT2D eigenvalue weighted by Crippen LogP contribution is 2.22. The van der Waals surface area contributed by atoms with E-state index < -0.39 is 0 Å². The third kappa shape index (κ3) is 3.55. The van der Waals surface area contributed by atoms with Crippen LogP contribution in [0.25, 0.3) is 0 Å². The van der Waals surface area contributed by atoms with Gasteiger partial charge in [-0.25, -0.2) is 0 Å². The zero-order valence-electron chi connectivity index (χ0n) is 12.5. The molecule has 4 nitrogen and oxygen atoms in total. The van der Waals surface area contributed by atoms with E-state index in [9.17, 15) is 4.79 Å². The van der Waals surface area contributed by atoms with E-state index in [1.807, 2.05) is 30.3 Å². The summed E-state index contributed by atoms with van der Waals surface area (Å²) in [7, 11) is 0. The van der Waals surface area contributed by atoms with Gasteiger partial charge in [-0.15, -0.1) is 11.3 Å². The summed E-state index contributed by atoms with van der Waals surface area (Å²) in [5.74, 6) is -0.266. The molecule has 0 radical (unpaired) electrons. The van der Waals surface area contributed by atoms with E-state index in [1.165, 1.54) is 4.88 Å². The minimum atomic E-state index is -0.315. The van der Waals surface area contributed by atoms with Crippen molar-refractivity contribution in [3.05, 3.63) is 58.3 Å². The summed E-state index contributed by atoms with van der Waals surface area (Å²) in [5.41, 5.74) is 6.64. The number of nitrogens with zero attached hydrogens (tertiary/aromatic N) is 2. The fraction of sp³-hybridized carbons (Fsp3) is 0.353. The van der Waals surface area contributed by atoms with Crippen LogP contribution in [0.1, 0.15) is 16.5 Å². The molecular weight excluding hydrogens is 294 g/mol. The summed E-state index contributed by atoms with van der Waals surface area (Å²) in [4.78, 5) is 17.9. The molecule has 0 bridgehead atoms. The molecule has 116 valence electrons. The lowest BCUT2D eigenvalue weighted by Crippen LogP contribution is -2.49. The van der Waals surface area contributed by atoms with Crippen LogP contribution in [0.2, 0.25) is 0 Å². The van der Waals surface area contributed by atoms with Crippen molar-refractivity contribution in [2.24, 2.45) is 5.73 Å². The maximum Gasteiger partial charge on any atom is 0.239 e. The molecule has 1 aromatic carbocycles. The van der Waals surface area contributed by atoms with Gasteiger partial charge in [0.15, 0.2) is 0 Å². The number of amides is 1. The predicted octanol–water partition coefficient (Wildman–Crippen LogP) is 2.09. The smallest absolute Gasteiger partial charge is 0.239 e. The maximum absolute atomic E-state index is 11.9. The Balaban J connectivity index is 1.62. The van der Waals surface area contributed by atoms with Crippen LogP contribution in [0.15, 0.2) is 47.8 Å². The molecule has 1 aliphatic heterocycles. The Bertz CT molecular complexity index is 592. The zero-order chi connectivity index (χ0) is 15.4. The standard InChI is InChI=1S/C17H21N3OS/c18-17(21)16(14-5-2-1-3-6-14)20-10-8-19(9-11-20)13-15-7-4-12-22-15/h1-7,12,16H,8-11,13H2,(H2,18,21)/t16-/m1/s1. The summed E-state index contributed by atoms with van der Waals surface area (Å²) in [6.45, 7) is 4.67. The molecule has 5 heteroatoms. The Morgan fingerprint density at radius 2 is 1.82 bits per heavy atom.